The molecule has 0 spiro atoms. The van der Waals surface area contributed by atoms with Crippen LogP contribution in [0.1, 0.15) is 5.56 Å². The molecule has 156 valence electrons. The average Bonchev–Trinajstić information content (AvgIpc) is 2.73. The molecule has 0 aromatic heterocycles. The van der Waals surface area contributed by atoms with Crippen molar-refractivity contribution < 1.29 is 23.1 Å². The number of hydrogen-bond acceptors (Lipinski definition) is 4. The van der Waals surface area contributed by atoms with Crippen LogP contribution >= 0.6 is 11.6 Å². The molecular formula is C22H20ClNO5S. The summed E-state index contributed by atoms with van der Waals surface area (Å²) in [6.07, 6.45) is 0.00424. The highest BCUT2D eigenvalue weighted by molar-refractivity contribution is 7.89. The van der Waals surface area contributed by atoms with Crippen molar-refractivity contribution in [3.63, 3.8) is 0 Å². The van der Waals surface area contributed by atoms with Gasteiger partial charge in [0.25, 0.3) is 0 Å². The third-order valence-corrected chi connectivity index (χ3v) is 6.68. The smallest absolute Gasteiger partial charge is 0.322 e. The topological polar surface area (TPSA) is 83.9 Å². The van der Waals surface area contributed by atoms with E-state index in [-0.39, 0.29) is 11.3 Å². The van der Waals surface area contributed by atoms with Gasteiger partial charge in [0.15, 0.2) is 0 Å². The Labute approximate surface area is 180 Å². The van der Waals surface area contributed by atoms with Crippen LogP contribution in [0, 0.1) is 0 Å². The maximum atomic E-state index is 12.8. The summed E-state index contributed by atoms with van der Waals surface area (Å²) in [6, 6.07) is 20.4. The van der Waals surface area contributed by atoms with Crippen LogP contribution in [0.2, 0.25) is 5.02 Å². The van der Waals surface area contributed by atoms with Gasteiger partial charge in [-0.15, -0.1) is 0 Å². The van der Waals surface area contributed by atoms with Crippen molar-refractivity contribution >= 4 is 27.6 Å². The van der Waals surface area contributed by atoms with Crippen LogP contribution in [-0.2, 0) is 21.2 Å². The van der Waals surface area contributed by atoms with E-state index < -0.39 is 22.0 Å². The molecule has 3 rings (SSSR count). The Kier molecular flexibility index (Phi) is 6.77. The van der Waals surface area contributed by atoms with E-state index in [0.29, 0.717) is 22.1 Å². The first-order valence-corrected chi connectivity index (χ1v) is 10.9. The fraction of sp³-hybridized carbons (Fsp3) is 0.136. The largest absolute Gasteiger partial charge is 0.480 e. The SMILES string of the molecule is CN([C@@H](Cc1ccc(Oc2ccccc2)cc1)C(=O)O)S(=O)(=O)c1ccc(Cl)cc1. The van der Waals surface area contributed by atoms with Gasteiger partial charge in [-0.2, -0.15) is 4.31 Å². The van der Waals surface area contributed by atoms with E-state index in [2.05, 4.69) is 0 Å². The van der Waals surface area contributed by atoms with E-state index >= 15 is 0 Å². The van der Waals surface area contributed by atoms with Gasteiger partial charge < -0.3 is 9.84 Å². The van der Waals surface area contributed by atoms with Crippen molar-refractivity contribution in [1.29, 1.82) is 0 Å². The van der Waals surface area contributed by atoms with Crippen molar-refractivity contribution in [3.05, 3.63) is 89.4 Å². The molecule has 3 aromatic carbocycles. The fourth-order valence-corrected chi connectivity index (χ4v) is 4.29. The minimum Gasteiger partial charge on any atom is -0.480 e. The van der Waals surface area contributed by atoms with Crippen molar-refractivity contribution in [1.82, 2.24) is 4.31 Å². The molecule has 0 saturated carbocycles. The molecule has 0 aliphatic heterocycles. The minimum atomic E-state index is -4.00. The number of carboxylic acids is 1. The summed E-state index contributed by atoms with van der Waals surface area (Å²) in [5, 5.41) is 10.0. The molecule has 0 fully saturated rings. The molecule has 0 unspecified atom stereocenters. The third kappa shape index (κ3) is 5.18. The second-order valence-corrected chi connectivity index (χ2v) is 9.03. The zero-order valence-electron chi connectivity index (χ0n) is 16.1. The summed E-state index contributed by atoms with van der Waals surface area (Å²) in [5.41, 5.74) is 0.668. The van der Waals surface area contributed by atoms with E-state index in [1.807, 2.05) is 30.3 Å². The number of rotatable bonds is 8. The molecule has 0 saturated heterocycles. The van der Waals surface area contributed by atoms with E-state index in [0.717, 1.165) is 4.31 Å². The summed E-state index contributed by atoms with van der Waals surface area (Å²) in [7, 11) is -2.74. The zero-order valence-corrected chi connectivity index (χ0v) is 17.7. The molecule has 30 heavy (non-hydrogen) atoms. The lowest BCUT2D eigenvalue weighted by Crippen LogP contribution is -2.43. The number of nitrogens with zero attached hydrogens (tertiary/aromatic N) is 1. The lowest BCUT2D eigenvalue weighted by atomic mass is 10.1. The van der Waals surface area contributed by atoms with Crippen molar-refractivity contribution in [2.24, 2.45) is 0 Å². The Morgan fingerprint density at radius 3 is 2.10 bits per heavy atom. The number of likely N-dealkylation sites (N-methyl/N-ethyl adjacent to an activating group) is 1. The summed E-state index contributed by atoms with van der Waals surface area (Å²) in [4.78, 5) is 11.8. The summed E-state index contributed by atoms with van der Waals surface area (Å²) in [5.74, 6) is 0.0427. The summed E-state index contributed by atoms with van der Waals surface area (Å²) >= 11 is 5.81. The van der Waals surface area contributed by atoms with Gasteiger partial charge >= 0.3 is 5.97 Å². The first-order chi connectivity index (χ1) is 14.3. The highest BCUT2D eigenvalue weighted by Crippen LogP contribution is 2.24. The van der Waals surface area contributed by atoms with Gasteiger partial charge in [0.05, 0.1) is 4.90 Å². The minimum absolute atomic E-state index is 0.00424. The molecule has 8 heteroatoms. The molecule has 3 aromatic rings. The molecule has 0 heterocycles. The normalized spacial score (nSPS) is 12.5. The first kappa shape index (κ1) is 21.8. The standard InChI is InChI=1S/C22H20ClNO5S/c1-24(30(27,28)20-13-9-17(23)10-14-20)21(22(25)26)15-16-7-11-19(12-8-16)29-18-5-3-2-4-6-18/h2-14,21H,15H2,1H3,(H,25,26)/t21-/m0/s1. The molecular weight excluding hydrogens is 426 g/mol. The van der Waals surface area contributed by atoms with Crippen molar-refractivity contribution in [3.8, 4) is 11.5 Å². The van der Waals surface area contributed by atoms with Gasteiger partial charge in [-0.05, 0) is 60.5 Å². The number of benzene rings is 3. The predicted octanol–water partition coefficient (Wildman–Crippen LogP) is 4.45. The number of hydrogen-bond donors (Lipinski definition) is 1. The Morgan fingerprint density at radius 2 is 1.53 bits per heavy atom. The van der Waals surface area contributed by atoms with Gasteiger partial charge in [-0.1, -0.05) is 41.9 Å². The van der Waals surface area contributed by atoms with E-state index in [4.69, 9.17) is 16.3 Å². The number of carboxylic acid groups (broad SMARTS) is 1. The van der Waals surface area contributed by atoms with Crippen LogP contribution in [0.15, 0.2) is 83.8 Å². The van der Waals surface area contributed by atoms with Gasteiger partial charge in [0, 0.05) is 12.1 Å². The van der Waals surface area contributed by atoms with Crippen LogP contribution in [0.25, 0.3) is 0 Å². The molecule has 6 nitrogen and oxygen atoms in total. The average molecular weight is 446 g/mol. The highest BCUT2D eigenvalue weighted by atomic mass is 35.5. The number of carbonyl (C=O) groups is 1. The van der Waals surface area contributed by atoms with Gasteiger partial charge in [0.1, 0.15) is 17.5 Å². The van der Waals surface area contributed by atoms with Gasteiger partial charge in [-0.3, -0.25) is 4.79 Å². The molecule has 0 aliphatic carbocycles. The van der Waals surface area contributed by atoms with Crippen LogP contribution in [-0.4, -0.2) is 36.9 Å². The van der Waals surface area contributed by atoms with E-state index in [9.17, 15) is 18.3 Å². The Hall–Kier alpha value is -2.87. The summed E-state index contributed by atoms with van der Waals surface area (Å²) in [6.45, 7) is 0. The number of halogens is 1. The van der Waals surface area contributed by atoms with Gasteiger partial charge in [0.2, 0.25) is 10.0 Å². The second-order valence-electron chi connectivity index (χ2n) is 6.59. The number of para-hydroxylation sites is 1. The quantitative estimate of drug-likeness (QED) is 0.553. The van der Waals surface area contributed by atoms with Crippen LogP contribution < -0.4 is 4.74 Å². The zero-order chi connectivity index (χ0) is 21.7. The van der Waals surface area contributed by atoms with Crippen LogP contribution in [0.4, 0.5) is 0 Å². The second kappa shape index (κ2) is 9.30. The number of aliphatic carboxylic acids is 1. The monoisotopic (exact) mass is 445 g/mol. The third-order valence-electron chi connectivity index (χ3n) is 4.55. The first-order valence-electron chi connectivity index (χ1n) is 9.05. The Bertz CT molecular complexity index is 1100. The maximum absolute atomic E-state index is 12.8. The highest BCUT2D eigenvalue weighted by Gasteiger charge is 2.33. The Morgan fingerprint density at radius 1 is 0.967 bits per heavy atom. The number of sulfonamides is 1. The molecule has 0 aliphatic rings. The predicted molar refractivity (Wildman–Crippen MR) is 114 cm³/mol. The molecule has 0 amide bonds. The molecule has 0 radical (unpaired) electrons. The lowest BCUT2D eigenvalue weighted by Gasteiger charge is -2.24. The van der Waals surface area contributed by atoms with E-state index in [1.165, 1.54) is 31.3 Å². The lowest BCUT2D eigenvalue weighted by molar-refractivity contribution is -0.141. The molecule has 1 N–H and O–H groups in total. The fourth-order valence-electron chi connectivity index (χ4n) is 2.85. The maximum Gasteiger partial charge on any atom is 0.322 e. The van der Waals surface area contributed by atoms with Crippen molar-refractivity contribution in [2.75, 3.05) is 7.05 Å². The Balaban J connectivity index is 1.76. The van der Waals surface area contributed by atoms with Crippen molar-refractivity contribution in [2.45, 2.75) is 17.4 Å². The van der Waals surface area contributed by atoms with E-state index in [1.54, 1.807) is 24.3 Å². The molecule has 0 bridgehead atoms. The summed E-state index contributed by atoms with van der Waals surface area (Å²) < 4.78 is 32.3. The van der Waals surface area contributed by atoms with Gasteiger partial charge in [-0.25, -0.2) is 8.42 Å². The van der Waals surface area contributed by atoms with Crippen LogP contribution in [0.5, 0.6) is 11.5 Å². The van der Waals surface area contributed by atoms with Crippen LogP contribution in [0.3, 0.4) is 0 Å². The number of ether oxygens (including phenoxy) is 1. The molecule has 1 atom stereocenters.